The largest absolute Gasteiger partial charge is 0.469 e. The van der Waals surface area contributed by atoms with Gasteiger partial charge in [0.15, 0.2) is 18.5 Å². The minimum atomic E-state index is -4.72. The van der Waals surface area contributed by atoms with Crippen LogP contribution in [0.1, 0.15) is 16.6 Å². The molecule has 1 aliphatic heterocycles. The van der Waals surface area contributed by atoms with Crippen LogP contribution in [-0.4, -0.2) is 58.0 Å². The lowest BCUT2D eigenvalue weighted by Crippen LogP contribution is -2.46. The number of ether oxygens (including phenoxy) is 2. The summed E-state index contributed by atoms with van der Waals surface area (Å²) in [6.45, 7) is -0.601. The van der Waals surface area contributed by atoms with Crippen LogP contribution < -0.4 is 4.57 Å². The molecular weight excluding hydrogens is 333 g/mol. The molecule has 4 atom stereocenters. The number of hydrogen-bond donors (Lipinski definition) is 4. The first-order valence-electron chi connectivity index (χ1n) is 6.53. The van der Waals surface area contributed by atoms with E-state index in [4.69, 9.17) is 14.5 Å². The molecule has 2 rings (SSSR count). The fourth-order valence-corrected chi connectivity index (χ4v) is 2.51. The van der Waals surface area contributed by atoms with Crippen LogP contribution in [0.2, 0.25) is 0 Å². The molecule has 1 aromatic heterocycles. The molecule has 2 heterocycles. The minimum Gasteiger partial charge on any atom is -0.465 e. The van der Waals surface area contributed by atoms with Crippen LogP contribution in [0, 0.1) is 0 Å². The Hall–Kier alpha value is -1.39. The Morgan fingerprint density at radius 2 is 2.09 bits per heavy atom. The number of nitrogens with zero attached hydrogens (tertiary/aromatic N) is 1. The maximum Gasteiger partial charge on any atom is 0.469 e. The zero-order valence-electron chi connectivity index (χ0n) is 12.1. The van der Waals surface area contributed by atoms with Gasteiger partial charge in [-0.3, -0.25) is 4.52 Å². The lowest BCUT2D eigenvalue weighted by molar-refractivity contribution is -0.765. The number of rotatable bonds is 5. The number of carbonyl (C=O) groups excluding carboxylic acids is 1. The molecule has 23 heavy (non-hydrogen) atoms. The number of aromatic nitrogens is 1. The van der Waals surface area contributed by atoms with Crippen molar-refractivity contribution in [3.05, 3.63) is 30.1 Å². The number of aliphatic hydroxyl groups excluding tert-OH is 2. The molecule has 1 aliphatic rings. The first-order chi connectivity index (χ1) is 10.7. The second kappa shape index (κ2) is 7.02. The van der Waals surface area contributed by atoms with Crippen molar-refractivity contribution in [2.45, 2.75) is 24.5 Å². The summed E-state index contributed by atoms with van der Waals surface area (Å²) >= 11 is 0. The molecule has 0 saturated carbocycles. The van der Waals surface area contributed by atoms with Gasteiger partial charge in [0.05, 0.1) is 13.7 Å². The van der Waals surface area contributed by atoms with Gasteiger partial charge in [-0.2, -0.15) is 4.57 Å². The van der Waals surface area contributed by atoms with Gasteiger partial charge >= 0.3 is 13.8 Å². The summed E-state index contributed by atoms with van der Waals surface area (Å²) in [7, 11) is -3.50. The molecule has 10 nitrogen and oxygen atoms in total. The molecular formula is C12H17NO9P+. The van der Waals surface area contributed by atoms with Crippen LogP contribution in [0.3, 0.4) is 0 Å². The van der Waals surface area contributed by atoms with E-state index in [1.54, 1.807) is 0 Å². The van der Waals surface area contributed by atoms with Crippen molar-refractivity contribution in [1.82, 2.24) is 0 Å². The zero-order valence-corrected chi connectivity index (χ0v) is 12.9. The van der Waals surface area contributed by atoms with E-state index in [0.29, 0.717) is 0 Å². The Kier molecular flexibility index (Phi) is 5.48. The Labute approximate surface area is 131 Å². The standard InChI is InChI=1S/C12H16NO9P/c1-20-12(16)7-3-2-4-13(5-7)11-10(15)9(14)8(22-11)6-21-23(17,18)19/h2-5,8-11,14-15H,6H2,1H3,(H-,17,18,19)/p+1/t8-,9+,10+,11-/m1/s1. The topological polar surface area (TPSA) is 147 Å². The summed E-state index contributed by atoms with van der Waals surface area (Å²) in [6, 6.07) is 3.02. The third-order valence-electron chi connectivity index (χ3n) is 3.28. The van der Waals surface area contributed by atoms with Gasteiger partial charge in [0.25, 0.3) is 6.23 Å². The molecule has 0 aromatic carbocycles. The number of esters is 1. The number of aliphatic hydroxyl groups is 2. The third kappa shape index (κ3) is 4.33. The van der Waals surface area contributed by atoms with E-state index >= 15 is 0 Å². The van der Waals surface area contributed by atoms with Crippen LogP contribution in [-0.2, 0) is 18.6 Å². The highest BCUT2D eigenvalue weighted by atomic mass is 31.2. The molecule has 4 N–H and O–H groups in total. The van der Waals surface area contributed by atoms with Gasteiger partial charge in [0, 0.05) is 6.07 Å². The highest BCUT2D eigenvalue weighted by molar-refractivity contribution is 7.46. The van der Waals surface area contributed by atoms with E-state index < -0.39 is 44.9 Å². The van der Waals surface area contributed by atoms with Gasteiger partial charge in [-0.1, -0.05) is 0 Å². The van der Waals surface area contributed by atoms with E-state index in [-0.39, 0.29) is 5.56 Å². The van der Waals surface area contributed by atoms with Crippen molar-refractivity contribution in [2.75, 3.05) is 13.7 Å². The minimum absolute atomic E-state index is 0.204. The van der Waals surface area contributed by atoms with E-state index in [2.05, 4.69) is 9.26 Å². The Balaban J connectivity index is 2.14. The molecule has 0 bridgehead atoms. The van der Waals surface area contributed by atoms with E-state index in [9.17, 15) is 19.6 Å². The Bertz CT molecular complexity index is 618. The lowest BCUT2D eigenvalue weighted by Gasteiger charge is -2.13. The van der Waals surface area contributed by atoms with Gasteiger partial charge < -0.3 is 29.5 Å². The monoisotopic (exact) mass is 350 g/mol. The van der Waals surface area contributed by atoms with Crippen molar-refractivity contribution in [3.8, 4) is 0 Å². The average molecular weight is 350 g/mol. The number of carbonyl (C=O) groups is 1. The van der Waals surface area contributed by atoms with Crippen LogP contribution in [0.5, 0.6) is 0 Å². The Morgan fingerprint density at radius 3 is 2.70 bits per heavy atom. The van der Waals surface area contributed by atoms with Gasteiger partial charge in [0.1, 0.15) is 17.8 Å². The van der Waals surface area contributed by atoms with E-state index in [0.717, 1.165) is 0 Å². The molecule has 11 heteroatoms. The summed E-state index contributed by atoms with van der Waals surface area (Å²) in [5, 5.41) is 19.9. The average Bonchev–Trinajstić information content (AvgIpc) is 2.79. The molecule has 1 aromatic rings. The molecule has 0 spiro atoms. The van der Waals surface area contributed by atoms with Gasteiger partial charge in [0.2, 0.25) is 0 Å². The predicted molar refractivity (Wildman–Crippen MR) is 71.9 cm³/mol. The maximum atomic E-state index is 11.5. The predicted octanol–water partition coefficient (Wildman–Crippen LogP) is -1.51. The Morgan fingerprint density at radius 1 is 1.39 bits per heavy atom. The molecule has 0 radical (unpaired) electrons. The van der Waals surface area contributed by atoms with Gasteiger partial charge in [-0.25, -0.2) is 9.36 Å². The van der Waals surface area contributed by atoms with Crippen LogP contribution in [0.25, 0.3) is 0 Å². The fourth-order valence-electron chi connectivity index (χ4n) is 2.17. The number of phosphoric ester groups is 1. The molecule has 0 aliphatic carbocycles. The third-order valence-corrected chi connectivity index (χ3v) is 3.77. The number of methoxy groups -OCH3 is 1. The maximum absolute atomic E-state index is 11.5. The molecule has 1 saturated heterocycles. The summed E-state index contributed by atoms with van der Waals surface area (Å²) in [4.78, 5) is 28.8. The summed E-state index contributed by atoms with van der Waals surface area (Å²) in [5.74, 6) is -0.589. The fraction of sp³-hybridized carbons (Fsp3) is 0.500. The first kappa shape index (κ1) is 18.0. The zero-order chi connectivity index (χ0) is 17.2. The number of pyridine rings is 1. The van der Waals surface area contributed by atoms with Gasteiger partial charge in [-0.05, 0) is 6.07 Å². The van der Waals surface area contributed by atoms with Crippen molar-refractivity contribution in [2.24, 2.45) is 0 Å². The molecule has 1 fully saturated rings. The van der Waals surface area contributed by atoms with Crippen LogP contribution >= 0.6 is 7.82 Å². The molecule has 128 valence electrons. The summed E-state index contributed by atoms with van der Waals surface area (Å²) < 4.78 is 26.3. The smallest absolute Gasteiger partial charge is 0.465 e. The van der Waals surface area contributed by atoms with Crippen molar-refractivity contribution in [3.63, 3.8) is 0 Å². The number of hydrogen-bond acceptors (Lipinski definition) is 7. The van der Waals surface area contributed by atoms with Gasteiger partial charge in [-0.15, -0.1) is 0 Å². The quantitative estimate of drug-likeness (QED) is 0.283. The molecule has 0 amide bonds. The summed E-state index contributed by atoms with van der Waals surface area (Å²) in [6.07, 6.45) is -2.13. The normalized spacial score (nSPS) is 27.9. The highest BCUT2D eigenvalue weighted by Crippen LogP contribution is 2.37. The van der Waals surface area contributed by atoms with E-state index in [1.165, 1.54) is 36.2 Å². The van der Waals surface area contributed by atoms with Crippen molar-refractivity contribution in [1.29, 1.82) is 0 Å². The highest BCUT2D eigenvalue weighted by Gasteiger charge is 2.48. The second-order valence-corrected chi connectivity index (χ2v) is 6.10. The SMILES string of the molecule is COC(=O)c1ccc[n+]([C@@H]2O[C@H](COP(=O)(O)O)[C@H](O)[C@@H]2O)c1. The van der Waals surface area contributed by atoms with Crippen LogP contribution in [0.4, 0.5) is 0 Å². The second-order valence-electron chi connectivity index (χ2n) is 4.86. The van der Waals surface area contributed by atoms with Crippen molar-refractivity contribution >= 4 is 13.8 Å². The first-order valence-corrected chi connectivity index (χ1v) is 8.07. The van der Waals surface area contributed by atoms with Crippen molar-refractivity contribution < 1.29 is 47.9 Å². The van der Waals surface area contributed by atoms with E-state index in [1.807, 2.05) is 0 Å². The van der Waals surface area contributed by atoms with Crippen LogP contribution in [0.15, 0.2) is 24.5 Å². The lowest BCUT2D eigenvalue weighted by atomic mass is 10.1. The molecule has 0 unspecified atom stereocenters. The number of phosphoric acid groups is 1. The summed E-state index contributed by atoms with van der Waals surface area (Å²) in [5.41, 5.74) is 0.204.